The van der Waals surface area contributed by atoms with E-state index < -0.39 is 0 Å². The predicted octanol–water partition coefficient (Wildman–Crippen LogP) is 6.38. The third kappa shape index (κ3) is 3.50. The van der Waals surface area contributed by atoms with E-state index in [9.17, 15) is 9.18 Å². The average molecular weight is 456 g/mol. The number of rotatable bonds is 4. The van der Waals surface area contributed by atoms with Gasteiger partial charge in [0.2, 0.25) is 5.91 Å². The van der Waals surface area contributed by atoms with Gasteiger partial charge in [0.05, 0.1) is 11.4 Å². The lowest BCUT2D eigenvalue weighted by molar-refractivity contribution is -0.120. The molecule has 34 heavy (non-hydrogen) atoms. The van der Waals surface area contributed by atoms with Gasteiger partial charge in [0, 0.05) is 19.0 Å². The van der Waals surface area contributed by atoms with Crippen LogP contribution in [0.2, 0.25) is 0 Å². The van der Waals surface area contributed by atoms with E-state index in [0.717, 1.165) is 48.3 Å². The number of hydrogen-bond donors (Lipinski definition) is 0. The van der Waals surface area contributed by atoms with Crippen molar-refractivity contribution in [3.63, 3.8) is 0 Å². The maximum atomic E-state index is 13.7. The normalized spacial score (nSPS) is 20.1. The summed E-state index contributed by atoms with van der Waals surface area (Å²) in [5.41, 5.74) is 7.80. The number of fused-ring (bicyclic) bond motifs is 1. The summed E-state index contributed by atoms with van der Waals surface area (Å²) in [6.45, 7) is 6.33. The van der Waals surface area contributed by atoms with Crippen molar-refractivity contribution in [3.05, 3.63) is 83.2 Å². The smallest absolute Gasteiger partial charge is 0.232 e. The molecular formula is C29H30FN3O. The van der Waals surface area contributed by atoms with Gasteiger partial charge in [-0.3, -0.25) is 14.7 Å². The third-order valence-electron chi connectivity index (χ3n) is 7.58. The average Bonchev–Trinajstić information content (AvgIpc) is 3.45. The summed E-state index contributed by atoms with van der Waals surface area (Å²) in [7, 11) is 0. The molecule has 1 amide bonds. The Morgan fingerprint density at radius 1 is 0.853 bits per heavy atom. The van der Waals surface area contributed by atoms with Gasteiger partial charge < -0.3 is 0 Å². The summed E-state index contributed by atoms with van der Waals surface area (Å²) in [5, 5.41) is 4.84. The number of benzene rings is 3. The van der Waals surface area contributed by atoms with Crippen molar-refractivity contribution in [3.8, 4) is 11.1 Å². The Morgan fingerprint density at radius 3 is 2.09 bits per heavy atom. The Labute approximate surface area is 200 Å². The number of hydrogen-bond acceptors (Lipinski definition) is 3. The maximum Gasteiger partial charge on any atom is 0.232 e. The molecule has 4 nitrogen and oxygen atoms in total. The molecule has 3 aromatic rings. The van der Waals surface area contributed by atoms with Gasteiger partial charge in [-0.25, -0.2) is 9.40 Å². The van der Waals surface area contributed by atoms with Crippen LogP contribution >= 0.6 is 0 Å². The molecule has 0 bridgehead atoms. The van der Waals surface area contributed by atoms with Gasteiger partial charge in [-0.2, -0.15) is 0 Å². The minimum atomic E-state index is -0.231. The Bertz CT molecular complexity index is 1230. The standard InChI is InChI=1S/C29H30FN3O/c1-19-5-16-26-27(20(19)2)33(31-17-3-4-18-31)28(32(26)29(34)24-10-11-24)23-8-6-21(7-9-23)22-12-14-25(30)15-13-22/h5-9,12-16,24,28H,3-4,10-11,17-18H2,1-2H3. The summed E-state index contributed by atoms with van der Waals surface area (Å²) in [6, 6.07) is 19.3. The highest BCUT2D eigenvalue weighted by molar-refractivity contribution is 6.03. The zero-order valence-corrected chi connectivity index (χ0v) is 19.8. The Morgan fingerprint density at radius 2 is 1.47 bits per heavy atom. The number of anilines is 2. The van der Waals surface area contributed by atoms with Crippen molar-refractivity contribution in [2.24, 2.45) is 5.92 Å². The topological polar surface area (TPSA) is 26.8 Å². The van der Waals surface area contributed by atoms with E-state index in [1.165, 1.54) is 41.8 Å². The molecule has 1 saturated carbocycles. The van der Waals surface area contributed by atoms with Crippen LogP contribution in [0.5, 0.6) is 0 Å². The van der Waals surface area contributed by atoms with Crippen molar-refractivity contribution in [2.45, 2.75) is 45.7 Å². The number of carbonyl (C=O) groups is 1. The molecule has 1 saturated heterocycles. The third-order valence-corrected chi connectivity index (χ3v) is 7.58. The molecule has 3 aromatic carbocycles. The van der Waals surface area contributed by atoms with Crippen LogP contribution < -0.4 is 9.91 Å². The summed E-state index contributed by atoms with van der Waals surface area (Å²) in [6.07, 6.45) is 4.11. The van der Waals surface area contributed by atoms with E-state index >= 15 is 0 Å². The van der Waals surface area contributed by atoms with Crippen LogP contribution in [0.3, 0.4) is 0 Å². The lowest BCUT2D eigenvalue weighted by atomic mass is 10.0. The summed E-state index contributed by atoms with van der Waals surface area (Å²) in [5.74, 6) is 0.137. The van der Waals surface area contributed by atoms with E-state index in [-0.39, 0.29) is 23.8 Å². The van der Waals surface area contributed by atoms with Crippen LogP contribution in [0.15, 0.2) is 60.7 Å². The summed E-state index contributed by atoms with van der Waals surface area (Å²) < 4.78 is 13.4. The quantitative estimate of drug-likeness (QED) is 0.457. The Balaban J connectivity index is 1.46. The van der Waals surface area contributed by atoms with E-state index in [4.69, 9.17) is 0 Å². The molecular weight excluding hydrogens is 425 g/mol. The zero-order valence-electron chi connectivity index (χ0n) is 19.8. The Hall–Kier alpha value is -3.18. The van der Waals surface area contributed by atoms with Crippen molar-refractivity contribution in [2.75, 3.05) is 23.0 Å². The first kappa shape index (κ1) is 21.4. The number of hydrazine groups is 1. The number of nitrogens with zero attached hydrogens (tertiary/aromatic N) is 3. The van der Waals surface area contributed by atoms with E-state index in [1.807, 2.05) is 0 Å². The second kappa shape index (κ2) is 8.24. The van der Waals surface area contributed by atoms with Gasteiger partial charge in [0.15, 0.2) is 0 Å². The van der Waals surface area contributed by atoms with E-state index in [0.29, 0.717) is 0 Å². The van der Waals surface area contributed by atoms with Crippen molar-refractivity contribution < 1.29 is 9.18 Å². The molecule has 2 aliphatic heterocycles. The molecule has 174 valence electrons. The van der Waals surface area contributed by atoms with Crippen LogP contribution in [0.4, 0.5) is 15.8 Å². The lowest BCUT2D eigenvalue weighted by Gasteiger charge is -2.38. The molecule has 6 rings (SSSR count). The highest BCUT2D eigenvalue weighted by atomic mass is 19.1. The number of halogens is 1. The fraction of sp³-hybridized carbons (Fsp3) is 0.345. The molecule has 0 N–H and O–H groups in total. The molecule has 1 atom stereocenters. The van der Waals surface area contributed by atoms with Crippen LogP contribution in [0.25, 0.3) is 11.1 Å². The predicted molar refractivity (Wildman–Crippen MR) is 134 cm³/mol. The molecule has 1 aliphatic carbocycles. The van der Waals surface area contributed by atoms with E-state index in [1.54, 1.807) is 12.1 Å². The van der Waals surface area contributed by atoms with E-state index in [2.05, 4.69) is 65.2 Å². The molecule has 2 fully saturated rings. The van der Waals surface area contributed by atoms with Crippen molar-refractivity contribution in [1.29, 1.82) is 0 Å². The van der Waals surface area contributed by atoms with Crippen LogP contribution in [0.1, 0.15) is 48.5 Å². The number of carbonyl (C=O) groups excluding carboxylic acids is 1. The first-order valence-corrected chi connectivity index (χ1v) is 12.4. The minimum absolute atomic E-state index is 0.133. The maximum absolute atomic E-state index is 13.7. The molecule has 0 aromatic heterocycles. The SMILES string of the molecule is Cc1ccc2c(c1C)N(N1CCCC1)C(c1ccc(-c3ccc(F)cc3)cc1)N2C(=O)C1CC1. The second-order valence-electron chi connectivity index (χ2n) is 9.87. The van der Waals surface area contributed by atoms with Crippen molar-refractivity contribution >= 4 is 17.3 Å². The first-order chi connectivity index (χ1) is 16.5. The van der Waals surface area contributed by atoms with Crippen LogP contribution in [-0.4, -0.2) is 24.0 Å². The minimum Gasteiger partial charge on any atom is -0.283 e. The van der Waals surface area contributed by atoms with Crippen molar-refractivity contribution in [1.82, 2.24) is 5.01 Å². The largest absolute Gasteiger partial charge is 0.283 e. The number of aryl methyl sites for hydroxylation is 1. The molecule has 3 aliphatic rings. The summed E-state index contributed by atoms with van der Waals surface area (Å²) in [4.78, 5) is 15.7. The van der Waals surface area contributed by atoms with Gasteiger partial charge in [-0.05, 0) is 85.5 Å². The highest BCUT2D eigenvalue weighted by Gasteiger charge is 2.48. The molecule has 0 radical (unpaired) electrons. The fourth-order valence-corrected chi connectivity index (χ4v) is 5.39. The number of amides is 1. The molecule has 0 spiro atoms. The monoisotopic (exact) mass is 455 g/mol. The fourth-order valence-electron chi connectivity index (χ4n) is 5.39. The van der Waals surface area contributed by atoms with Gasteiger partial charge in [-0.1, -0.05) is 42.5 Å². The van der Waals surface area contributed by atoms with Gasteiger partial charge in [0.1, 0.15) is 12.0 Å². The van der Waals surface area contributed by atoms with Crippen LogP contribution in [0, 0.1) is 25.6 Å². The second-order valence-corrected chi connectivity index (χ2v) is 9.87. The highest BCUT2D eigenvalue weighted by Crippen LogP contribution is 2.52. The van der Waals surface area contributed by atoms with Gasteiger partial charge in [0.25, 0.3) is 0 Å². The molecule has 5 heteroatoms. The first-order valence-electron chi connectivity index (χ1n) is 12.4. The molecule has 2 heterocycles. The summed E-state index contributed by atoms with van der Waals surface area (Å²) >= 11 is 0. The van der Waals surface area contributed by atoms with Gasteiger partial charge >= 0.3 is 0 Å². The Kier molecular flexibility index (Phi) is 5.18. The molecule has 1 unspecified atom stereocenters. The van der Waals surface area contributed by atoms with Crippen LogP contribution in [-0.2, 0) is 4.79 Å². The lowest BCUT2D eigenvalue weighted by Crippen LogP contribution is -2.47. The van der Waals surface area contributed by atoms with Gasteiger partial charge in [-0.15, -0.1) is 0 Å². The zero-order chi connectivity index (χ0) is 23.4.